The fourth-order valence-corrected chi connectivity index (χ4v) is 1.76. The van der Waals surface area contributed by atoms with E-state index in [4.69, 9.17) is 15.2 Å². The molecule has 2 rings (SSSR count). The van der Waals surface area contributed by atoms with E-state index in [9.17, 15) is 10.1 Å². The number of nitrogens with two attached hydrogens (primary N) is 1. The predicted molar refractivity (Wildman–Crippen MR) is 76.1 cm³/mol. The topological polar surface area (TPSA) is 101 Å². The van der Waals surface area contributed by atoms with Crippen LogP contribution >= 0.6 is 0 Å². The summed E-state index contributed by atoms with van der Waals surface area (Å²) in [6, 6.07) is 9.79. The van der Waals surface area contributed by atoms with Gasteiger partial charge in [-0.2, -0.15) is 0 Å². The lowest BCUT2D eigenvalue weighted by Crippen LogP contribution is -2.03. The van der Waals surface area contributed by atoms with Crippen LogP contribution in [0.1, 0.15) is 11.3 Å². The van der Waals surface area contributed by atoms with Gasteiger partial charge in [0, 0.05) is 18.7 Å². The van der Waals surface area contributed by atoms with Gasteiger partial charge < -0.3 is 15.2 Å². The first-order valence-electron chi connectivity index (χ1n) is 6.24. The SMILES string of the molecule is COc1cccc(COc2cc(CN)ccc2[N+](=O)[O-])n1. The quantitative estimate of drug-likeness (QED) is 0.645. The van der Waals surface area contributed by atoms with E-state index in [0.29, 0.717) is 11.6 Å². The van der Waals surface area contributed by atoms with Gasteiger partial charge in [0.15, 0.2) is 5.75 Å². The van der Waals surface area contributed by atoms with Gasteiger partial charge in [0.05, 0.1) is 17.7 Å². The number of ether oxygens (including phenoxy) is 2. The standard InChI is InChI=1S/C14H15N3O4/c1-20-14-4-2-3-11(16-14)9-21-13-7-10(8-15)5-6-12(13)17(18)19/h2-7H,8-9,15H2,1H3. The van der Waals surface area contributed by atoms with Crippen LogP contribution in [0.5, 0.6) is 11.6 Å². The van der Waals surface area contributed by atoms with Gasteiger partial charge in [-0.25, -0.2) is 4.98 Å². The summed E-state index contributed by atoms with van der Waals surface area (Å²) in [5.74, 6) is 0.633. The summed E-state index contributed by atoms with van der Waals surface area (Å²) < 4.78 is 10.5. The highest BCUT2D eigenvalue weighted by molar-refractivity contribution is 5.48. The summed E-state index contributed by atoms with van der Waals surface area (Å²) in [5.41, 5.74) is 6.81. The van der Waals surface area contributed by atoms with E-state index < -0.39 is 4.92 Å². The molecule has 0 amide bonds. The van der Waals surface area contributed by atoms with E-state index in [1.54, 1.807) is 30.3 Å². The third-order valence-electron chi connectivity index (χ3n) is 2.82. The van der Waals surface area contributed by atoms with Crippen LogP contribution in [0, 0.1) is 10.1 Å². The number of nitrogens with zero attached hydrogens (tertiary/aromatic N) is 2. The molecule has 0 aliphatic heterocycles. The molecule has 21 heavy (non-hydrogen) atoms. The minimum absolute atomic E-state index is 0.102. The number of nitro groups is 1. The van der Waals surface area contributed by atoms with E-state index >= 15 is 0 Å². The van der Waals surface area contributed by atoms with Gasteiger partial charge in [-0.05, 0) is 17.7 Å². The largest absolute Gasteiger partial charge is 0.481 e. The molecule has 0 bridgehead atoms. The van der Waals surface area contributed by atoms with Crippen molar-refractivity contribution in [2.45, 2.75) is 13.2 Å². The first kappa shape index (κ1) is 14.7. The average Bonchev–Trinajstić information content (AvgIpc) is 2.52. The summed E-state index contributed by atoms with van der Waals surface area (Å²) in [6.07, 6.45) is 0. The summed E-state index contributed by atoms with van der Waals surface area (Å²) in [6.45, 7) is 0.387. The lowest BCUT2D eigenvalue weighted by atomic mass is 10.2. The highest BCUT2D eigenvalue weighted by atomic mass is 16.6. The van der Waals surface area contributed by atoms with Crippen molar-refractivity contribution in [2.24, 2.45) is 5.73 Å². The molecule has 0 fully saturated rings. The minimum atomic E-state index is -0.491. The summed E-state index contributed by atoms with van der Waals surface area (Å²) in [5, 5.41) is 11.0. The van der Waals surface area contributed by atoms with E-state index in [1.165, 1.54) is 13.2 Å². The molecule has 110 valence electrons. The van der Waals surface area contributed by atoms with Crippen LogP contribution in [-0.2, 0) is 13.2 Å². The molecule has 7 heteroatoms. The molecule has 1 aromatic heterocycles. The number of rotatable bonds is 6. The third kappa shape index (κ3) is 3.67. The second-order valence-electron chi connectivity index (χ2n) is 4.22. The Hall–Kier alpha value is -2.67. The molecule has 0 atom stereocenters. The maximum Gasteiger partial charge on any atom is 0.310 e. The summed E-state index contributed by atoms with van der Waals surface area (Å²) >= 11 is 0. The monoisotopic (exact) mass is 289 g/mol. The fourth-order valence-electron chi connectivity index (χ4n) is 1.76. The van der Waals surface area contributed by atoms with Crippen LogP contribution in [-0.4, -0.2) is 17.0 Å². The second-order valence-corrected chi connectivity index (χ2v) is 4.22. The highest BCUT2D eigenvalue weighted by Gasteiger charge is 2.15. The van der Waals surface area contributed by atoms with Crippen LogP contribution < -0.4 is 15.2 Å². The zero-order chi connectivity index (χ0) is 15.2. The van der Waals surface area contributed by atoms with Gasteiger partial charge in [0.1, 0.15) is 6.61 Å². The maximum absolute atomic E-state index is 11.0. The molecule has 0 aliphatic rings. The van der Waals surface area contributed by atoms with E-state index in [0.717, 1.165) is 5.56 Å². The van der Waals surface area contributed by atoms with Crippen molar-refractivity contribution < 1.29 is 14.4 Å². The molecule has 0 radical (unpaired) electrons. The Morgan fingerprint density at radius 3 is 2.81 bits per heavy atom. The number of hydrogen-bond acceptors (Lipinski definition) is 6. The van der Waals surface area contributed by atoms with Gasteiger partial charge in [0.25, 0.3) is 0 Å². The van der Waals surface area contributed by atoms with Crippen molar-refractivity contribution in [3.63, 3.8) is 0 Å². The second kappa shape index (κ2) is 6.67. The first-order chi connectivity index (χ1) is 10.1. The number of methoxy groups -OCH3 is 1. The molecule has 0 saturated carbocycles. The van der Waals surface area contributed by atoms with E-state index in [-0.39, 0.29) is 24.6 Å². The number of aromatic nitrogens is 1. The molecule has 0 spiro atoms. The predicted octanol–water partition coefficient (Wildman–Crippen LogP) is 2.04. The molecule has 0 aliphatic carbocycles. The zero-order valence-electron chi connectivity index (χ0n) is 11.5. The Balaban J connectivity index is 2.19. The number of hydrogen-bond donors (Lipinski definition) is 1. The lowest BCUT2D eigenvalue weighted by molar-refractivity contribution is -0.386. The Labute approximate surface area is 121 Å². The lowest BCUT2D eigenvalue weighted by Gasteiger charge is -2.08. The Morgan fingerprint density at radius 1 is 1.33 bits per heavy atom. The van der Waals surface area contributed by atoms with Crippen molar-refractivity contribution >= 4 is 5.69 Å². The van der Waals surface area contributed by atoms with Crippen molar-refractivity contribution in [3.8, 4) is 11.6 Å². The molecule has 7 nitrogen and oxygen atoms in total. The van der Waals surface area contributed by atoms with Crippen molar-refractivity contribution in [2.75, 3.05) is 7.11 Å². The summed E-state index contributed by atoms with van der Waals surface area (Å²) in [7, 11) is 1.52. The van der Waals surface area contributed by atoms with Gasteiger partial charge in [-0.15, -0.1) is 0 Å². The van der Waals surface area contributed by atoms with Crippen LogP contribution in [0.4, 0.5) is 5.69 Å². The molecular formula is C14H15N3O4. The number of pyridine rings is 1. The maximum atomic E-state index is 11.0. The number of nitro benzene ring substituents is 1. The Kier molecular flexibility index (Phi) is 4.68. The summed E-state index contributed by atoms with van der Waals surface area (Å²) in [4.78, 5) is 14.7. The van der Waals surface area contributed by atoms with Crippen molar-refractivity contribution in [3.05, 3.63) is 57.8 Å². The molecule has 0 saturated heterocycles. The first-order valence-corrected chi connectivity index (χ1v) is 6.24. The fraction of sp³-hybridized carbons (Fsp3) is 0.214. The molecule has 0 unspecified atom stereocenters. The molecule has 2 aromatic rings. The smallest absolute Gasteiger partial charge is 0.310 e. The van der Waals surface area contributed by atoms with Gasteiger partial charge in [-0.3, -0.25) is 10.1 Å². The van der Waals surface area contributed by atoms with Gasteiger partial charge in [-0.1, -0.05) is 12.1 Å². The average molecular weight is 289 g/mol. The van der Waals surface area contributed by atoms with Crippen molar-refractivity contribution in [1.29, 1.82) is 0 Å². The third-order valence-corrected chi connectivity index (χ3v) is 2.82. The minimum Gasteiger partial charge on any atom is -0.481 e. The zero-order valence-corrected chi connectivity index (χ0v) is 11.5. The molecular weight excluding hydrogens is 274 g/mol. The van der Waals surface area contributed by atoms with Gasteiger partial charge in [0.2, 0.25) is 5.88 Å². The Morgan fingerprint density at radius 2 is 2.14 bits per heavy atom. The van der Waals surface area contributed by atoms with Crippen LogP contribution in [0.15, 0.2) is 36.4 Å². The molecule has 1 heterocycles. The molecule has 2 N–H and O–H groups in total. The highest BCUT2D eigenvalue weighted by Crippen LogP contribution is 2.28. The van der Waals surface area contributed by atoms with Crippen LogP contribution in [0.2, 0.25) is 0 Å². The Bertz CT molecular complexity index is 646. The molecule has 1 aromatic carbocycles. The normalized spacial score (nSPS) is 10.2. The number of benzene rings is 1. The van der Waals surface area contributed by atoms with Crippen LogP contribution in [0.25, 0.3) is 0 Å². The van der Waals surface area contributed by atoms with Gasteiger partial charge >= 0.3 is 5.69 Å². The van der Waals surface area contributed by atoms with Crippen LogP contribution in [0.3, 0.4) is 0 Å². The van der Waals surface area contributed by atoms with Crippen molar-refractivity contribution in [1.82, 2.24) is 4.98 Å². The van der Waals surface area contributed by atoms with E-state index in [2.05, 4.69) is 4.98 Å². The van der Waals surface area contributed by atoms with E-state index in [1.807, 2.05) is 0 Å².